The molecule has 0 atom stereocenters. The fraction of sp³-hybridized carbons (Fsp3) is 0.167. The van der Waals surface area contributed by atoms with Crippen molar-refractivity contribution in [2.45, 2.75) is 6.54 Å². The fourth-order valence-corrected chi connectivity index (χ4v) is 1.48. The van der Waals surface area contributed by atoms with Crippen LogP contribution in [-0.2, 0) is 6.54 Å². The molecule has 0 spiro atoms. The minimum atomic E-state index is 0.453. The molecule has 1 aromatic carbocycles. The summed E-state index contributed by atoms with van der Waals surface area (Å²) < 4.78 is 10.3. The van der Waals surface area contributed by atoms with Crippen LogP contribution in [0.3, 0.4) is 0 Å². The number of para-hydroxylation sites is 1. The molecule has 0 aliphatic heterocycles. The van der Waals surface area contributed by atoms with Crippen molar-refractivity contribution in [1.82, 2.24) is 4.98 Å². The van der Waals surface area contributed by atoms with Crippen molar-refractivity contribution in [3.8, 4) is 11.8 Å². The van der Waals surface area contributed by atoms with Crippen LogP contribution < -0.4 is 10.1 Å². The van der Waals surface area contributed by atoms with Crippen molar-refractivity contribution in [3.63, 3.8) is 0 Å². The first-order valence-corrected chi connectivity index (χ1v) is 5.03. The third kappa shape index (κ3) is 2.37. The zero-order chi connectivity index (χ0) is 12.1. The van der Waals surface area contributed by atoms with Gasteiger partial charge in [0.2, 0.25) is 0 Å². The number of ether oxygens (including phenoxy) is 1. The van der Waals surface area contributed by atoms with Crippen LogP contribution in [0.2, 0.25) is 0 Å². The second kappa shape index (κ2) is 5.03. The van der Waals surface area contributed by atoms with E-state index >= 15 is 0 Å². The van der Waals surface area contributed by atoms with Crippen molar-refractivity contribution in [2.75, 3.05) is 12.4 Å². The van der Waals surface area contributed by atoms with Gasteiger partial charge in [-0.05, 0) is 12.1 Å². The SMILES string of the molecule is COc1cccc(C#N)c1NCc1cnco1. The second-order valence-corrected chi connectivity index (χ2v) is 3.32. The summed E-state index contributed by atoms with van der Waals surface area (Å²) in [5.74, 6) is 1.32. The predicted molar refractivity (Wildman–Crippen MR) is 61.5 cm³/mol. The molecule has 1 heterocycles. The van der Waals surface area contributed by atoms with E-state index in [0.717, 1.165) is 0 Å². The van der Waals surface area contributed by atoms with Gasteiger partial charge in [0.15, 0.2) is 6.39 Å². The smallest absolute Gasteiger partial charge is 0.180 e. The fourth-order valence-electron chi connectivity index (χ4n) is 1.48. The zero-order valence-electron chi connectivity index (χ0n) is 9.30. The molecule has 0 unspecified atom stereocenters. The van der Waals surface area contributed by atoms with Gasteiger partial charge >= 0.3 is 0 Å². The highest BCUT2D eigenvalue weighted by Crippen LogP contribution is 2.28. The van der Waals surface area contributed by atoms with E-state index in [1.807, 2.05) is 0 Å². The number of hydrogen-bond acceptors (Lipinski definition) is 5. The summed E-state index contributed by atoms with van der Waals surface area (Å²) in [4.78, 5) is 3.82. The molecule has 0 aliphatic rings. The van der Waals surface area contributed by atoms with E-state index in [2.05, 4.69) is 16.4 Å². The first kappa shape index (κ1) is 11.0. The van der Waals surface area contributed by atoms with Crippen LogP contribution in [0.25, 0.3) is 0 Å². The van der Waals surface area contributed by atoms with E-state index in [9.17, 15) is 0 Å². The number of aromatic nitrogens is 1. The summed E-state index contributed by atoms with van der Waals surface area (Å²) in [6, 6.07) is 7.41. The molecule has 0 aliphatic carbocycles. The van der Waals surface area contributed by atoms with Gasteiger partial charge in [-0.1, -0.05) is 6.07 Å². The molecule has 2 rings (SSSR count). The number of oxazole rings is 1. The highest BCUT2D eigenvalue weighted by Gasteiger charge is 2.08. The lowest BCUT2D eigenvalue weighted by Crippen LogP contribution is -2.02. The van der Waals surface area contributed by atoms with Gasteiger partial charge in [0.05, 0.1) is 31.1 Å². The van der Waals surface area contributed by atoms with Crippen LogP contribution in [0, 0.1) is 11.3 Å². The highest BCUT2D eigenvalue weighted by molar-refractivity contribution is 5.66. The van der Waals surface area contributed by atoms with Crippen LogP contribution in [0.5, 0.6) is 5.75 Å². The van der Waals surface area contributed by atoms with E-state index in [4.69, 9.17) is 14.4 Å². The normalized spacial score (nSPS) is 9.65. The minimum absolute atomic E-state index is 0.453. The molecule has 2 aromatic rings. The van der Waals surface area contributed by atoms with E-state index in [0.29, 0.717) is 29.3 Å². The lowest BCUT2D eigenvalue weighted by molar-refractivity contribution is 0.416. The maximum absolute atomic E-state index is 9.01. The molecule has 5 nitrogen and oxygen atoms in total. The van der Waals surface area contributed by atoms with Crippen molar-refractivity contribution >= 4 is 5.69 Å². The van der Waals surface area contributed by atoms with Crippen molar-refractivity contribution in [3.05, 3.63) is 42.1 Å². The van der Waals surface area contributed by atoms with Gasteiger partial charge in [0.1, 0.15) is 17.6 Å². The Morgan fingerprint density at radius 3 is 3.06 bits per heavy atom. The Labute approximate surface area is 98.7 Å². The van der Waals surface area contributed by atoms with Gasteiger partial charge in [-0.25, -0.2) is 4.98 Å². The first-order chi connectivity index (χ1) is 8.35. The summed E-state index contributed by atoms with van der Waals surface area (Å²) >= 11 is 0. The Morgan fingerprint density at radius 1 is 1.53 bits per heavy atom. The monoisotopic (exact) mass is 229 g/mol. The third-order valence-electron chi connectivity index (χ3n) is 2.29. The van der Waals surface area contributed by atoms with Crippen LogP contribution in [-0.4, -0.2) is 12.1 Å². The number of anilines is 1. The lowest BCUT2D eigenvalue weighted by atomic mass is 10.1. The Morgan fingerprint density at radius 2 is 2.41 bits per heavy atom. The number of rotatable bonds is 4. The van der Waals surface area contributed by atoms with Gasteiger partial charge in [-0.2, -0.15) is 5.26 Å². The molecule has 17 heavy (non-hydrogen) atoms. The topological polar surface area (TPSA) is 71.1 Å². The second-order valence-electron chi connectivity index (χ2n) is 3.32. The molecule has 0 saturated carbocycles. The Kier molecular flexibility index (Phi) is 3.26. The lowest BCUT2D eigenvalue weighted by Gasteiger charge is -2.11. The van der Waals surface area contributed by atoms with Crippen molar-refractivity contribution in [1.29, 1.82) is 5.26 Å². The number of methoxy groups -OCH3 is 1. The molecule has 86 valence electrons. The number of hydrogen-bond donors (Lipinski definition) is 1. The van der Waals surface area contributed by atoms with Crippen LogP contribution in [0.15, 0.2) is 35.2 Å². The van der Waals surface area contributed by atoms with Crippen LogP contribution in [0.1, 0.15) is 11.3 Å². The standard InChI is InChI=1S/C12H11N3O2/c1-16-11-4-2-3-9(5-13)12(11)15-7-10-6-14-8-17-10/h2-4,6,8,15H,7H2,1H3. The Hall–Kier alpha value is -2.48. The van der Waals surface area contributed by atoms with Crippen LogP contribution in [0.4, 0.5) is 5.69 Å². The third-order valence-corrected chi connectivity index (χ3v) is 2.29. The van der Waals surface area contributed by atoms with E-state index < -0.39 is 0 Å². The van der Waals surface area contributed by atoms with Gasteiger partial charge < -0.3 is 14.5 Å². The summed E-state index contributed by atoms with van der Waals surface area (Å²) in [6.07, 6.45) is 2.99. The molecule has 0 fully saturated rings. The summed E-state index contributed by atoms with van der Waals surface area (Å²) in [7, 11) is 1.57. The molecular weight excluding hydrogens is 218 g/mol. The minimum Gasteiger partial charge on any atom is -0.495 e. The molecule has 0 amide bonds. The number of nitriles is 1. The number of nitrogens with zero attached hydrogens (tertiary/aromatic N) is 2. The molecular formula is C12H11N3O2. The summed E-state index contributed by atoms with van der Waals surface area (Å²) in [5.41, 5.74) is 1.19. The van der Waals surface area contributed by atoms with Crippen LogP contribution >= 0.6 is 0 Å². The molecule has 0 radical (unpaired) electrons. The molecule has 1 N–H and O–H groups in total. The first-order valence-electron chi connectivity index (χ1n) is 5.03. The largest absolute Gasteiger partial charge is 0.495 e. The summed E-state index contributed by atoms with van der Waals surface area (Å²) in [6.45, 7) is 0.453. The van der Waals surface area contributed by atoms with E-state index in [-0.39, 0.29) is 0 Å². The van der Waals surface area contributed by atoms with E-state index in [1.54, 1.807) is 31.5 Å². The highest BCUT2D eigenvalue weighted by atomic mass is 16.5. The Balaban J connectivity index is 2.22. The predicted octanol–water partition coefficient (Wildman–Crippen LogP) is 2.17. The van der Waals surface area contributed by atoms with Gasteiger partial charge in [-0.15, -0.1) is 0 Å². The quantitative estimate of drug-likeness (QED) is 0.869. The van der Waals surface area contributed by atoms with Crippen molar-refractivity contribution < 1.29 is 9.15 Å². The molecule has 5 heteroatoms. The zero-order valence-corrected chi connectivity index (χ0v) is 9.30. The Bertz CT molecular complexity index is 529. The average Bonchev–Trinajstić information content (AvgIpc) is 2.88. The van der Waals surface area contributed by atoms with E-state index in [1.165, 1.54) is 6.39 Å². The molecule has 0 saturated heterocycles. The maximum atomic E-state index is 9.01. The maximum Gasteiger partial charge on any atom is 0.180 e. The molecule has 0 bridgehead atoms. The van der Waals surface area contributed by atoms with Gasteiger partial charge in [-0.3, -0.25) is 0 Å². The number of benzene rings is 1. The average molecular weight is 229 g/mol. The molecule has 1 aromatic heterocycles. The van der Waals surface area contributed by atoms with Crippen molar-refractivity contribution in [2.24, 2.45) is 0 Å². The van der Waals surface area contributed by atoms with Gasteiger partial charge in [0, 0.05) is 0 Å². The van der Waals surface area contributed by atoms with Gasteiger partial charge in [0.25, 0.3) is 0 Å². The number of nitrogens with one attached hydrogen (secondary N) is 1. The summed E-state index contributed by atoms with van der Waals surface area (Å²) in [5, 5.41) is 12.1.